The van der Waals surface area contributed by atoms with Gasteiger partial charge < -0.3 is 10.2 Å². The molecule has 110 valence electrons. The van der Waals surface area contributed by atoms with E-state index in [9.17, 15) is 8.42 Å². The zero-order valence-corrected chi connectivity index (χ0v) is 12.9. The summed E-state index contributed by atoms with van der Waals surface area (Å²) in [6.45, 7) is 2.47. The highest BCUT2D eigenvalue weighted by atomic mass is 32.2. The van der Waals surface area contributed by atoms with Gasteiger partial charge in [0, 0.05) is 30.3 Å². The van der Waals surface area contributed by atoms with Crippen LogP contribution in [0, 0.1) is 0 Å². The van der Waals surface area contributed by atoms with E-state index < -0.39 is 10.0 Å². The average Bonchev–Trinajstić information content (AvgIpc) is 2.85. The van der Waals surface area contributed by atoms with Crippen molar-refractivity contribution in [2.75, 3.05) is 12.8 Å². The fourth-order valence-electron chi connectivity index (χ4n) is 2.06. The second-order valence-electron chi connectivity index (χ2n) is 4.47. The molecule has 2 rings (SSSR count). The molecule has 0 spiro atoms. The van der Waals surface area contributed by atoms with Crippen molar-refractivity contribution < 1.29 is 12.8 Å². The van der Waals surface area contributed by atoms with Gasteiger partial charge in [-0.2, -0.15) is 11.8 Å². The van der Waals surface area contributed by atoms with Crippen LogP contribution in [0.5, 0.6) is 0 Å². The van der Waals surface area contributed by atoms with Crippen molar-refractivity contribution in [2.45, 2.75) is 23.2 Å². The molecule has 0 amide bonds. The molecule has 2 aromatic heterocycles. The van der Waals surface area contributed by atoms with Crippen molar-refractivity contribution in [3.63, 3.8) is 0 Å². The number of furan rings is 1. The Kier molecular flexibility index (Phi) is 4.10. The van der Waals surface area contributed by atoms with E-state index in [0.717, 1.165) is 12.1 Å². The van der Waals surface area contributed by atoms with Crippen LogP contribution in [0.3, 0.4) is 0 Å². The number of rotatable bonds is 5. The first-order chi connectivity index (χ1) is 9.36. The maximum atomic E-state index is 11.3. The zero-order chi connectivity index (χ0) is 15.0. The summed E-state index contributed by atoms with van der Waals surface area (Å²) in [5.74, 6) is 0. The van der Waals surface area contributed by atoms with Crippen LogP contribution in [0.15, 0.2) is 27.8 Å². The largest absolute Gasteiger partial charge is 0.443 e. The third-order valence-corrected chi connectivity index (χ3v) is 5.63. The van der Waals surface area contributed by atoms with Crippen molar-refractivity contribution in [3.05, 3.63) is 24.0 Å². The number of thioether (sulfide) groups is 1. The van der Waals surface area contributed by atoms with E-state index in [-0.39, 0.29) is 9.84 Å². The molecular weight excluding hydrogens is 298 g/mol. The van der Waals surface area contributed by atoms with Crippen LogP contribution in [0.1, 0.15) is 19.0 Å². The third-order valence-electron chi connectivity index (χ3n) is 3.42. The van der Waals surface area contributed by atoms with E-state index in [1.807, 2.05) is 13.2 Å². The van der Waals surface area contributed by atoms with Gasteiger partial charge in [0.25, 0.3) is 10.0 Å². The lowest BCUT2D eigenvalue weighted by Crippen LogP contribution is -2.31. The highest BCUT2D eigenvalue weighted by molar-refractivity contribution is 7.99. The van der Waals surface area contributed by atoms with Crippen LogP contribution in [0.25, 0.3) is 11.0 Å². The van der Waals surface area contributed by atoms with Crippen molar-refractivity contribution in [1.82, 2.24) is 4.98 Å². The Hall–Kier alpha value is -1.09. The number of hydrogen-bond donors (Lipinski definition) is 2. The molecule has 0 aliphatic heterocycles. The molecule has 0 saturated heterocycles. The molecular formula is C12H17N3O3S2. The van der Waals surface area contributed by atoms with E-state index in [4.69, 9.17) is 15.3 Å². The molecule has 2 aromatic rings. The normalized spacial score (nSPS) is 15.4. The standard InChI is InChI=1S/C12H17N3O3S2/c1-3-12(7-13,19-2)10-5-9-8(6-15-10)4-11(18-9)20(14,16)17/h4-6H,3,7,13H2,1-2H3,(H2,14,16,17). The fraction of sp³-hybridized carbons (Fsp3) is 0.417. The van der Waals surface area contributed by atoms with Gasteiger partial charge in [-0.3, -0.25) is 4.98 Å². The summed E-state index contributed by atoms with van der Waals surface area (Å²) < 4.78 is 27.6. The van der Waals surface area contributed by atoms with Gasteiger partial charge in [0.2, 0.25) is 5.09 Å². The number of aromatic nitrogens is 1. The van der Waals surface area contributed by atoms with Crippen molar-refractivity contribution in [2.24, 2.45) is 10.9 Å². The number of primary sulfonamides is 1. The zero-order valence-electron chi connectivity index (χ0n) is 11.3. The average molecular weight is 315 g/mol. The lowest BCUT2D eigenvalue weighted by molar-refractivity contribution is 0.481. The summed E-state index contributed by atoms with van der Waals surface area (Å²) in [6.07, 6.45) is 4.37. The summed E-state index contributed by atoms with van der Waals surface area (Å²) in [7, 11) is -3.85. The molecule has 0 saturated carbocycles. The van der Waals surface area contributed by atoms with E-state index in [1.165, 1.54) is 6.07 Å². The Morgan fingerprint density at radius 1 is 1.45 bits per heavy atom. The van der Waals surface area contributed by atoms with Crippen LogP contribution in [0.4, 0.5) is 0 Å². The van der Waals surface area contributed by atoms with E-state index in [2.05, 4.69) is 4.98 Å². The molecule has 1 unspecified atom stereocenters. The third kappa shape index (κ3) is 2.56. The quantitative estimate of drug-likeness (QED) is 0.862. The molecule has 0 bridgehead atoms. The Balaban J connectivity index is 2.59. The number of hydrogen-bond acceptors (Lipinski definition) is 6. The maximum Gasteiger partial charge on any atom is 0.271 e. The van der Waals surface area contributed by atoms with Crippen LogP contribution in [0.2, 0.25) is 0 Å². The first-order valence-electron chi connectivity index (χ1n) is 6.04. The highest BCUT2D eigenvalue weighted by Crippen LogP contribution is 2.37. The Labute approximate surface area is 122 Å². The van der Waals surface area contributed by atoms with E-state index >= 15 is 0 Å². The van der Waals surface area contributed by atoms with E-state index in [1.54, 1.807) is 24.0 Å². The lowest BCUT2D eigenvalue weighted by atomic mass is 10.0. The molecule has 2 heterocycles. The van der Waals surface area contributed by atoms with Gasteiger partial charge in [0.15, 0.2) is 0 Å². The predicted octanol–water partition coefficient (Wildman–Crippen LogP) is 1.40. The van der Waals surface area contributed by atoms with Crippen molar-refractivity contribution in [1.29, 1.82) is 0 Å². The fourth-order valence-corrected chi connectivity index (χ4v) is 3.33. The maximum absolute atomic E-state index is 11.3. The SMILES string of the molecule is CCC(CN)(SC)c1cc2oc(S(N)(=O)=O)cc2cn1. The van der Waals surface area contributed by atoms with Crippen LogP contribution in [-0.4, -0.2) is 26.2 Å². The molecule has 4 N–H and O–H groups in total. The topological polar surface area (TPSA) is 112 Å². The second-order valence-corrected chi connectivity index (χ2v) is 7.16. The van der Waals surface area contributed by atoms with Gasteiger partial charge in [-0.05, 0) is 12.7 Å². The number of fused-ring (bicyclic) bond motifs is 1. The number of nitrogens with zero attached hydrogens (tertiary/aromatic N) is 1. The molecule has 0 radical (unpaired) electrons. The monoisotopic (exact) mass is 315 g/mol. The Morgan fingerprint density at radius 2 is 2.15 bits per heavy atom. The summed E-state index contributed by atoms with van der Waals surface area (Å²) in [4.78, 5) is 4.39. The predicted molar refractivity (Wildman–Crippen MR) is 79.9 cm³/mol. The molecule has 0 aliphatic rings. The lowest BCUT2D eigenvalue weighted by Gasteiger charge is -2.28. The number of pyridine rings is 1. The van der Waals surface area contributed by atoms with Crippen molar-refractivity contribution in [3.8, 4) is 0 Å². The van der Waals surface area contributed by atoms with E-state index in [0.29, 0.717) is 17.5 Å². The molecule has 1 atom stereocenters. The summed E-state index contributed by atoms with van der Waals surface area (Å²) in [5, 5.41) is 5.40. The summed E-state index contributed by atoms with van der Waals surface area (Å²) >= 11 is 1.62. The van der Waals surface area contributed by atoms with Crippen molar-refractivity contribution >= 4 is 32.8 Å². The Morgan fingerprint density at radius 3 is 2.65 bits per heavy atom. The van der Waals surface area contributed by atoms with Gasteiger partial charge in [0.1, 0.15) is 5.58 Å². The molecule has 0 aromatic carbocycles. The van der Waals surface area contributed by atoms with Gasteiger partial charge in [-0.1, -0.05) is 6.92 Å². The van der Waals surface area contributed by atoms with Crippen LogP contribution in [-0.2, 0) is 14.8 Å². The molecule has 6 nitrogen and oxygen atoms in total. The molecule has 20 heavy (non-hydrogen) atoms. The summed E-state index contributed by atoms with van der Waals surface area (Å²) in [5.41, 5.74) is 7.09. The minimum atomic E-state index is -3.85. The van der Waals surface area contributed by atoms with Crippen LogP contribution < -0.4 is 10.9 Å². The highest BCUT2D eigenvalue weighted by Gasteiger charge is 2.30. The Bertz CT molecular complexity index is 712. The first-order valence-corrected chi connectivity index (χ1v) is 8.81. The summed E-state index contributed by atoms with van der Waals surface area (Å²) in [6, 6.07) is 3.10. The first kappa shape index (κ1) is 15.3. The van der Waals surface area contributed by atoms with Gasteiger partial charge >= 0.3 is 0 Å². The number of sulfonamides is 1. The van der Waals surface area contributed by atoms with Gasteiger partial charge in [-0.15, -0.1) is 0 Å². The smallest absolute Gasteiger partial charge is 0.271 e. The van der Waals surface area contributed by atoms with Gasteiger partial charge in [-0.25, -0.2) is 13.6 Å². The molecule has 8 heteroatoms. The second kappa shape index (κ2) is 5.36. The van der Waals surface area contributed by atoms with Gasteiger partial charge in [0.05, 0.1) is 10.4 Å². The minimum Gasteiger partial charge on any atom is -0.443 e. The molecule has 0 fully saturated rings. The minimum absolute atomic E-state index is 0.259. The van der Waals surface area contributed by atoms with Crippen LogP contribution >= 0.6 is 11.8 Å². The molecule has 0 aliphatic carbocycles. The number of nitrogens with two attached hydrogens (primary N) is 2.